The summed E-state index contributed by atoms with van der Waals surface area (Å²) in [6, 6.07) is 5.77. The SMILES string of the molecule is CCc1nc2cccc(C(=O)[O-])c2n1CCN[C@H]1CN2CCC1CC2.[Li+]. The van der Waals surface area contributed by atoms with E-state index in [-0.39, 0.29) is 24.4 Å². The van der Waals surface area contributed by atoms with Gasteiger partial charge in [0.25, 0.3) is 0 Å². The molecule has 7 heteroatoms. The molecule has 0 spiro atoms. The molecule has 26 heavy (non-hydrogen) atoms. The minimum Gasteiger partial charge on any atom is -0.545 e. The third kappa shape index (κ3) is 3.56. The number of para-hydroxylation sites is 1. The van der Waals surface area contributed by atoms with E-state index in [0.717, 1.165) is 43.3 Å². The molecular formula is C19H25LiN4O2. The van der Waals surface area contributed by atoms with Gasteiger partial charge < -0.3 is 24.7 Å². The number of aryl methyl sites for hydroxylation is 1. The van der Waals surface area contributed by atoms with Gasteiger partial charge in [-0.15, -0.1) is 0 Å². The van der Waals surface area contributed by atoms with Crippen molar-refractivity contribution >= 4 is 17.0 Å². The molecule has 3 saturated heterocycles. The monoisotopic (exact) mass is 348 g/mol. The summed E-state index contributed by atoms with van der Waals surface area (Å²) in [5.74, 6) is 0.577. The van der Waals surface area contributed by atoms with Crippen molar-refractivity contribution in [3.63, 3.8) is 0 Å². The molecule has 3 aliphatic rings. The summed E-state index contributed by atoms with van der Waals surface area (Å²) in [4.78, 5) is 18.7. The number of fused-ring (bicyclic) bond motifs is 4. The van der Waals surface area contributed by atoms with E-state index in [1.54, 1.807) is 12.1 Å². The van der Waals surface area contributed by atoms with Gasteiger partial charge in [-0.1, -0.05) is 19.1 Å². The first-order valence-corrected chi connectivity index (χ1v) is 9.32. The van der Waals surface area contributed by atoms with E-state index in [1.165, 1.54) is 25.9 Å². The number of rotatable bonds is 6. The van der Waals surface area contributed by atoms with E-state index in [2.05, 4.69) is 26.7 Å². The van der Waals surface area contributed by atoms with E-state index >= 15 is 0 Å². The summed E-state index contributed by atoms with van der Waals surface area (Å²) >= 11 is 0. The molecule has 3 aliphatic heterocycles. The third-order valence-corrected chi connectivity index (χ3v) is 5.78. The number of benzene rings is 1. The Morgan fingerprint density at radius 1 is 1.35 bits per heavy atom. The van der Waals surface area contributed by atoms with Crippen LogP contribution in [0.15, 0.2) is 18.2 Å². The van der Waals surface area contributed by atoms with Crippen LogP contribution in [0.2, 0.25) is 0 Å². The van der Waals surface area contributed by atoms with Crippen LogP contribution in [0.1, 0.15) is 35.9 Å². The molecular weight excluding hydrogens is 323 g/mol. The Bertz CT molecular complexity index is 783. The first kappa shape index (κ1) is 19.4. The van der Waals surface area contributed by atoms with Crippen molar-refractivity contribution < 1.29 is 28.8 Å². The molecule has 6 nitrogen and oxygen atoms in total. The summed E-state index contributed by atoms with van der Waals surface area (Å²) in [7, 11) is 0. The molecule has 1 atom stereocenters. The number of piperidine rings is 3. The Morgan fingerprint density at radius 3 is 2.73 bits per heavy atom. The van der Waals surface area contributed by atoms with Crippen molar-refractivity contribution in [1.29, 1.82) is 0 Å². The van der Waals surface area contributed by atoms with Crippen molar-refractivity contribution in [2.75, 3.05) is 26.2 Å². The van der Waals surface area contributed by atoms with E-state index < -0.39 is 5.97 Å². The number of aromatic nitrogens is 2. The Labute approximate surface area is 166 Å². The van der Waals surface area contributed by atoms with E-state index in [1.807, 2.05) is 6.07 Å². The van der Waals surface area contributed by atoms with E-state index in [0.29, 0.717) is 11.6 Å². The number of imidazole rings is 1. The third-order valence-electron chi connectivity index (χ3n) is 5.78. The molecule has 1 aromatic heterocycles. The average Bonchev–Trinajstić information content (AvgIpc) is 3.00. The molecule has 0 unspecified atom stereocenters. The maximum atomic E-state index is 11.5. The Morgan fingerprint density at radius 2 is 2.12 bits per heavy atom. The van der Waals surface area contributed by atoms with Gasteiger partial charge >= 0.3 is 18.9 Å². The van der Waals surface area contributed by atoms with E-state index in [9.17, 15) is 9.90 Å². The number of carboxylic acid groups (broad SMARTS) is 1. The summed E-state index contributed by atoms with van der Waals surface area (Å²) in [5.41, 5.74) is 1.66. The van der Waals surface area contributed by atoms with Crippen LogP contribution in [0.3, 0.4) is 0 Å². The summed E-state index contributed by atoms with van der Waals surface area (Å²) in [5, 5.41) is 15.2. The predicted molar refractivity (Wildman–Crippen MR) is 94.4 cm³/mol. The number of carboxylic acids is 1. The van der Waals surface area contributed by atoms with Gasteiger partial charge in [0, 0.05) is 37.7 Å². The molecule has 0 aliphatic carbocycles. The Hall–Kier alpha value is -1.32. The van der Waals surface area contributed by atoms with Gasteiger partial charge in [-0.25, -0.2) is 4.98 Å². The Balaban J connectivity index is 0.00000196. The van der Waals surface area contributed by atoms with Crippen LogP contribution in [0.25, 0.3) is 11.0 Å². The van der Waals surface area contributed by atoms with Gasteiger partial charge in [0.05, 0.1) is 17.0 Å². The second kappa shape index (κ2) is 8.14. The first-order valence-electron chi connectivity index (χ1n) is 9.32. The molecule has 5 rings (SSSR count). The maximum absolute atomic E-state index is 11.5. The van der Waals surface area contributed by atoms with Crippen LogP contribution in [0, 0.1) is 5.92 Å². The second-order valence-electron chi connectivity index (χ2n) is 7.19. The smallest absolute Gasteiger partial charge is 0.545 e. The van der Waals surface area contributed by atoms with Crippen LogP contribution in [-0.4, -0.2) is 52.6 Å². The largest absolute Gasteiger partial charge is 1.00 e. The number of aromatic carboxylic acids is 1. The van der Waals surface area contributed by atoms with Gasteiger partial charge in [0.2, 0.25) is 0 Å². The van der Waals surface area contributed by atoms with Crippen molar-refractivity contribution in [2.45, 2.75) is 38.8 Å². The summed E-state index contributed by atoms with van der Waals surface area (Å²) in [6.07, 6.45) is 3.36. The quantitative estimate of drug-likeness (QED) is 0.592. The zero-order valence-corrected chi connectivity index (χ0v) is 15.7. The Kier molecular flexibility index (Phi) is 6.09. The molecule has 0 saturated carbocycles. The normalized spacial score (nSPS) is 24.6. The summed E-state index contributed by atoms with van der Waals surface area (Å²) in [6.45, 7) is 7.23. The first-order chi connectivity index (χ1) is 12.2. The minimum atomic E-state index is -1.14. The number of hydrogen-bond acceptors (Lipinski definition) is 5. The zero-order chi connectivity index (χ0) is 17.4. The van der Waals surface area contributed by atoms with Crippen LogP contribution in [0.5, 0.6) is 0 Å². The van der Waals surface area contributed by atoms with Gasteiger partial charge in [0.1, 0.15) is 5.82 Å². The fourth-order valence-electron chi connectivity index (χ4n) is 4.47. The van der Waals surface area contributed by atoms with Crippen molar-refractivity contribution in [3.8, 4) is 0 Å². The van der Waals surface area contributed by atoms with Crippen LogP contribution in [0.4, 0.5) is 0 Å². The van der Waals surface area contributed by atoms with Gasteiger partial charge in [-0.2, -0.15) is 0 Å². The van der Waals surface area contributed by atoms with Crippen molar-refractivity contribution in [2.24, 2.45) is 5.92 Å². The molecule has 134 valence electrons. The number of hydrogen-bond donors (Lipinski definition) is 1. The minimum absolute atomic E-state index is 0. The average molecular weight is 348 g/mol. The molecule has 0 amide bonds. The molecule has 2 bridgehead atoms. The molecule has 1 aromatic carbocycles. The number of carbonyl (C=O) groups excluding carboxylic acids is 1. The standard InChI is InChI=1S/C19H26N4O2.Li/c1-2-17-21-15-5-3-4-14(19(24)25)18(15)23(17)11-8-20-16-12-22-9-6-13(16)7-10-22;/h3-5,13,16,20H,2,6-12H2,1H3,(H,24,25);/q;+1/p-1/t16-;/m0./s1. The summed E-state index contributed by atoms with van der Waals surface area (Å²) < 4.78 is 2.05. The predicted octanol–water partition coefficient (Wildman–Crippen LogP) is -2.35. The van der Waals surface area contributed by atoms with Crippen molar-refractivity contribution in [3.05, 3.63) is 29.6 Å². The fraction of sp³-hybridized carbons (Fsp3) is 0.579. The van der Waals surface area contributed by atoms with Gasteiger partial charge in [-0.3, -0.25) is 0 Å². The number of carbonyl (C=O) groups is 1. The van der Waals surface area contributed by atoms with Crippen LogP contribution < -0.4 is 29.3 Å². The molecule has 1 N–H and O–H groups in total. The topological polar surface area (TPSA) is 73.2 Å². The van der Waals surface area contributed by atoms with E-state index in [4.69, 9.17) is 0 Å². The second-order valence-corrected chi connectivity index (χ2v) is 7.19. The number of nitrogens with one attached hydrogen (secondary N) is 1. The van der Waals surface area contributed by atoms with Crippen molar-refractivity contribution in [1.82, 2.24) is 19.8 Å². The number of nitrogens with zero attached hydrogens (tertiary/aromatic N) is 3. The fourth-order valence-corrected chi connectivity index (χ4v) is 4.47. The maximum Gasteiger partial charge on any atom is 1.00 e. The van der Waals surface area contributed by atoms with Gasteiger partial charge in [0.15, 0.2) is 0 Å². The molecule has 4 heterocycles. The van der Waals surface area contributed by atoms with Gasteiger partial charge in [-0.05, 0) is 37.9 Å². The molecule has 2 aromatic rings. The zero-order valence-electron chi connectivity index (χ0n) is 15.7. The molecule has 3 fully saturated rings. The van der Waals surface area contributed by atoms with Crippen LogP contribution >= 0.6 is 0 Å². The van der Waals surface area contributed by atoms with Crippen LogP contribution in [-0.2, 0) is 13.0 Å². The molecule has 0 radical (unpaired) electrons.